The molecule has 0 aliphatic heterocycles. The molecule has 1 aliphatic rings. The molecule has 0 aromatic heterocycles. The van der Waals surface area contributed by atoms with E-state index in [9.17, 15) is 26.4 Å². The van der Waals surface area contributed by atoms with E-state index < -0.39 is 39.1 Å². The van der Waals surface area contributed by atoms with E-state index >= 15 is 0 Å². The van der Waals surface area contributed by atoms with Crippen LogP contribution in [0.1, 0.15) is 44.9 Å². The van der Waals surface area contributed by atoms with Crippen molar-refractivity contribution in [2.75, 3.05) is 18.1 Å². The lowest BCUT2D eigenvalue weighted by molar-refractivity contribution is -0.116. The predicted octanol–water partition coefficient (Wildman–Crippen LogP) is 3.42. The van der Waals surface area contributed by atoms with Gasteiger partial charge in [0, 0.05) is 19.0 Å². The Morgan fingerprint density at radius 2 is 1.73 bits per heavy atom. The van der Waals surface area contributed by atoms with Crippen LogP contribution in [0.2, 0.25) is 0 Å². The molecule has 1 aliphatic carbocycles. The molecule has 1 aromatic rings. The van der Waals surface area contributed by atoms with Crippen molar-refractivity contribution in [1.82, 2.24) is 4.31 Å². The summed E-state index contributed by atoms with van der Waals surface area (Å²) in [5.41, 5.74) is -0.478. The first-order valence-corrected chi connectivity index (χ1v) is 10.4. The van der Waals surface area contributed by atoms with Crippen LogP contribution in [-0.2, 0) is 14.8 Å². The Labute approximate surface area is 151 Å². The van der Waals surface area contributed by atoms with Gasteiger partial charge in [0.25, 0.3) is 0 Å². The van der Waals surface area contributed by atoms with Crippen molar-refractivity contribution in [3.05, 3.63) is 29.6 Å². The number of carbonyl (C=O) groups excluding carboxylic acids is 1. The Morgan fingerprint density at radius 3 is 2.31 bits per heavy atom. The number of amides is 1. The summed E-state index contributed by atoms with van der Waals surface area (Å²) < 4.78 is 65.2. The minimum atomic E-state index is -3.50. The Bertz CT molecular complexity index is 748. The normalized spacial score (nSPS) is 16.5. The molecule has 2 rings (SSSR count). The number of nitrogens with one attached hydrogen (secondary N) is 1. The second kappa shape index (κ2) is 8.85. The summed E-state index contributed by atoms with van der Waals surface area (Å²) in [4.78, 5) is 12.0. The molecule has 0 unspecified atom stereocenters. The third-order valence-electron chi connectivity index (χ3n) is 4.53. The van der Waals surface area contributed by atoms with Gasteiger partial charge >= 0.3 is 0 Å². The molecule has 146 valence electrons. The first-order chi connectivity index (χ1) is 12.2. The fourth-order valence-corrected chi connectivity index (χ4v) is 4.39. The van der Waals surface area contributed by atoms with Gasteiger partial charge in [-0.15, -0.1) is 0 Å². The van der Waals surface area contributed by atoms with E-state index in [1.807, 2.05) is 0 Å². The van der Waals surface area contributed by atoms with E-state index in [0.717, 1.165) is 50.8 Å². The maximum atomic E-state index is 13.6. The largest absolute Gasteiger partial charge is 0.323 e. The van der Waals surface area contributed by atoms with Crippen LogP contribution in [0.4, 0.5) is 18.9 Å². The molecule has 5 nitrogen and oxygen atoms in total. The quantitative estimate of drug-likeness (QED) is 0.596. The van der Waals surface area contributed by atoms with E-state index in [4.69, 9.17) is 0 Å². The van der Waals surface area contributed by atoms with Crippen molar-refractivity contribution in [2.24, 2.45) is 0 Å². The van der Waals surface area contributed by atoms with Gasteiger partial charge in [0.1, 0.15) is 0 Å². The molecule has 1 fully saturated rings. The smallest absolute Gasteiger partial charge is 0.225 e. The van der Waals surface area contributed by atoms with Crippen LogP contribution in [-0.4, -0.2) is 37.5 Å². The highest BCUT2D eigenvalue weighted by Gasteiger charge is 2.27. The fraction of sp³-hybridized carbons (Fsp3) is 0.588. The topological polar surface area (TPSA) is 66.5 Å². The molecule has 9 heteroatoms. The average Bonchev–Trinajstić information content (AvgIpc) is 2.83. The summed E-state index contributed by atoms with van der Waals surface area (Å²) in [6.45, 7) is -0.0410. The van der Waals surface area contributed by atoms with Crippen molar-refractivity contribution in [1.29, 1.82) is 0 Å². The molecule has 0 bridgehead atoms. The third kappa shape index (κ3) is 5.44. The van der Waals surface area contributed by atoms with Gasteiger partial charge in [0.2, 0.25) is 15.9 Å². The Morgan fingerprint density at radius 1 is 1.12 bits per heavy atom. The number of hydrogen-bond donors (Lipinski definition) is 1. The lowest BCUT2D eigenvalue weighted by Gasteiger charge is -2.28. The molecular formula is C17H23F3N2O3S. The molecule has 1 saturated carbocycles. The van der Waals surface area contributed by atoms with Crippen LogP contribution in [0.3, 0.4) is 0 Å². The zero-order chi connectivity index (χ0) is 19.3. The molecule has 1 aromatic carbocycles. The van der Waals surface area contributed by atoms with Crippen LogP contribution in [0.25, 0.3) is 0 Å². The summed E-state index contributed by atoms with van der Waals surface area (Å²) in [5, 5.41) is 2.16. The highest BCUT2D eigenvalue weighted by Crippen LogP contribution is 2.24. The summed E-state index contributed by atoms with van der Waals surface area (Å²) in [6, 6.07) is 1.48. The van der Waals surface area contributed by atoms with Gasteiger partial charge in [-0.2, -0.15) is 4.31 Å². The molecule has 0 radical (unpaired) electrons. The summed E-state index contributed by atoms with van der Waals surface area (Å²) in [7, 11) is -3.50. The maximum absolute atomic E-state index is 13.6. The lowest BCUT2D eigenvalue weighted by atomic mass is 10.1. The van der Waals surface area contributed by atoms with E-state index in [0.29, 0.717) is 6.07 Å². The van der Waals surface area contributed by atoms with Crippen molar-refractivity contribution >= 4 is 21.6 Å². The van der Waals surface area contributed by atoms with Crippen molar-refractivity contribution in [3.8, 4) is 0 Å². The Hall–Kier alpha value is -1.61. The number of carbonyl (C=O) groups is 1. The van der Waals surface area contributed by atoms with Gasteiger partial charge < -0.3 is 5.32 Å². The van der Waals surface area contributed by atoms with Crippen molar-refractivity contribution in [3.63, 3.8) is 0 Å². The number of sulfonamides is 1. The summed E-state index contributed by atoms with van der Waals surface area (Å²) >= 11 is 0. The van der Waals surface area contributed by atoms with E-state index in [-0.39, 0.29) is 19.0 Å². The lowest BCUT2D eigenvalue weighted by Crippen LogP contribution is -2.41. The van der Waals surface area contributed by atoms with Gasteiger partial charge in [0.05, 0.1) is 11.9 Å². The highest BCUT2D eigenvalue weighted by atomic mass is 32.2. The fourth-order valence-electron chi connectivity index (χ4n) is 3.21. The molecule has 0 atom stereocenters. The standard InChI is InChI=1S/C17H23F3N2O3S/c1-26(24,25)22(12-6-4-2-3-5-7-12)11-10-15(23)21-14-9-8-13(18)16(19)17(14)20/h8-9,12H,2-7,10-11H2,1H3,(H,21,23). The molecule has 0 spiro atoms. The SMILES string of the molecule is CS(=O)(=O)N(CCC(=O)Nc1ccc(F)c(F)c1F)C1CCCCCC1. The zero-order valence-electron chi connectivity index (χ0n) is 14.6. The van der Waals surface area contributed by atoms with E-state index in [1.165, 1.54) is 4.31 Å². The number of anilines is 1. The van der Waals surface area contributed by atoms with Crippen LogP contribution in [0.5, 0.6) is 0 Å². The number of halogens is 3. The first-order valence-electron chi connectivity index (χ1n) is 8.60. The molecule has 0 saturated heterocycles. The molecule has 1 amide bonds. The van der Waals surface area contributed by atoms with Crippen molar-refractivity contribution < 1.29 is 26.4 Å². The van der Waals surface area contributed by atoms with Crippen LogP contribution < -0.4 is 5.32 Å². The van der Waals surface area contributed by atoms with Crippen LogP contribution >= 0.6 is 0 Å². The average molecular weight is 392 g/mol. The van der Waals surface area contributed by atoms with Crippen LogP contribution in [0, 0.1) is 17.5 Å². The van der Waals surface area contributed by atoms with Crippen molar-refractivity contribution in [2.45, 2.75) is 51.0 Å². The van der Waals surface area contributed by atoms with E-state index in [1.54, 1.807) is 0 Å². The monoisotopic (exact) mass is 392 g/mol. The third-order valence-corrected chi connectivity index (χ3v) is 5.86. The number of rotatable bonds is 6. The second-order valence-electron chi connectivity index (χ2n) is 6.54. The van der Waals surface area contributed by atoms with E-state index in [2.05, 4.69) is 5.32 Å². The van der Waals surface area contributed by atoms with Gasteiger partial charge in [-0.25, -0.2) is 21.6 Å². The molecule has 26 heavy (non-hydrogen) atoms. The molecular weight excluding hydrogens is 369 g/mol. The minimum Gasteiger partial charge on any atom is -0.323 e. The zero-order valence-corrected chi connectivity index (χ0v) is 15.4. The Kier molecular flexibility index (Phi) is 7.05. The van der Waals surface area contributed by atoms with Crippen LogP contribution in [0.15, 0.2) is 12.1 Å². The Balaban J connectivity index is 2.02. The van der Waals surface area contributed by atoms with Gasteiger partial charge in [0.15, 0.2) is 17.5 Å². The highest BCUT2D eigenvalue weighted by molar-refractivity contribution is 7.88. The van der Waals surface area contributed by atoms with Gasteiger partial charge in [-0.05, 0) is 25.0 Å². The number of benzene rings is 1. The number of hydrogen-bond acceptors (Lipinski definition) is 3. The first kappa shape index (κ1) is 20.7. The number of nitrogens with zero attached hydrogens (tertiary/aromatic N) is 1. The minimum absolute atomic E-state index is 0.0410. The molecule has 1 N–H and O–H groups in total. The predicted molar refractivity (Wildman–Crippen MR) is 92.6 cm³/mol. The van der Waals surface area contributed by atoms with Gasteiger partial charge in [-0.3, -0.25) is 4.79 Å². The maximum Gasteiger partial charge on any atom is 0.225 e. The molecule has 0 heterocycles. The summed E-state index contributed by atoms with van der Waals surface area (Å²) in [6.07, 6.45) is 6.37. The van der Waals surface area contributed by atoms with Gasteiger partial charge in [-0.1, -0.05) is 25.7 Å². The second-order valence-corrected chi connectivity index (χ2v) is 8.48. The summed E-state index contributed by atoms with van der Waals surface area (Å²) in [5.74, 6) is -5.17.